The molecule has 1 amide bonds. The third kappa shape index (κ3) is 7.11. The van der Waals surface area contributed by atoms with Gasteiger partial charge in [0.25, 0.3) is 0 Å². The quantitative estimate of drug-likeness (QED) is 0.203. The first kappa shape index (κ1) is 30.8. The van der Waals surface area contributed by atoms with E-state index in [1.165, 1.54) is 0 Å². The molecule has 1 N–H and O–H groups in total. The van der Waals surface area contributed by atoms with Gasteiger partial charge in [0.1, 0.15) is 17.9 Å². The highest BCUT2D eigenvalue weighted by atomic mass is 16.5. The number of benzene rings is 3. The Hall–Kier alpha value is -4.86. The number of carbonyl (C=O) groups excluding carboxylic acids is 1. The van der Waals surface area contributed by atoms with Crippen molar-refractivity contribution in [2.24, 2.45) is 0 Å². The number of nitrogens with zero attached hydrogens (tertiary/aromatic N) is 6. The van der Waals surface area contributed by atoms with E-state index in [1.54, 1.807) is 0 Å². The van der Waals surface area contributed by atoms with Gasteiger partial charge in [0.05, 0.1) is 16.9 Å². The van der Waals surface area contributed by atoms with Crippen LogP contribution in [0, 0.1) is 0 Å². The van der Waals surface area contributed by atoms with Crippen LogP contribution in [0.2, 0.25) is 0 Å². The maximum Gasteiger partial charge on any atom is 0.408 e. The molecule has 1 saturated heterocycles. The minimum atomic E-state index is -0.403. The summed E-state index contributed by atoms with van der Waals surface area (Å²) in [6, 6.07) is 32.3. The number of likely N-dealkylation sites (N-methyl/N-ethyl adjacent to an activating group) is 1. The summed E-state index contributed by atoms with van der Waals surface area (Å²) in [6.45, 7) is 6.32. The molecule has 7 rings (SSSR count). The second-order valence-corrected chi connectivity index (χ2v) is 12.8. The van der Waals surface area contributed by atoms with Crippen LogP contribution in [0.15, 0.2) is 97.1 Å². The van der Waals surface area contributed by atoms with Crippen molar-refractivity contribution in [2.45, 2.75) is 25.0 Å². The van der Waals surface area contributed by atoms with Gasteiger partial charge >= 0.3 is 6.09 Å². The number of piperazine rings is 1. The van der Waals surface area contributed by atoms with Crippen molar-refractivity contribution in [3.05, 3.63) is 108 Å². The number of anilines is 1. The molecule has 0 radical (unpaired) electrons. The van der Waals surface area contributed by atoms with Crippen LogP contribution in [0.5, 0.6) is 0 Å². The molecule has 3 heterocycles. The van der Waals surface area contributed by atoms with E-state index in [-0.39, 0.29) is 6.61 Å². The number of ether oxygens (including phenoxy) is 1. The summed E-state index contributed by atoms with van der Waals surface area (Å²) in [5, 5.41) is 3.11. The van der Waals surface area contributed by atoms with Crippen molar-refractivity contribution in [1.29, 1.82) is 0 Å². The zero-order valence-corrected chi connectivity index (χ0v) is 27.1. The van der Waals surface area contributed by atoms with Gasteiger partial charge in [-0.3, -0.25) is 4.90 Å². The van der Waals surface area contributed by atoms with E-state index in [0.29, 0.717) is 5.65 Å². The van der Waals surface area contributed by atoms with E-state index in [4.69, 9.17) is 19.7 Å². The van der Waals surface area contributed by atoms with E-state index >= 15 is 0 Å². The lowest BCUT2D eigenvalue weighted by Gasteiger charge is -2.35. The smallest absolute Gasteiger partial charge is 0.408 e. The van der Waals surface area contributed by atoms with Gasteiger partial charge in [-0.2, -0.15) is 0 Å². The average molecular weight is 628 g/mol. The molecule has 9 heteroatoms. The highest BCUT2D eigenvalue weighted by Crippen LogP contribution is 2.46. The summed E-state index contributed by atoms with van der Waals surface area (Å²) in [6.07, 6.45) is 1.34. The van der Waals surface area contributed by atoms with Crippen LogP contribution in [0.25, 0.3) is 33.7 Å². The second-order valence-electron chi connectivity index (χ2n) is 12.8. The van der Waals surface area contributed by atoms with Gasteiger partial charge in [-0.05, 0) is 50.2 Å². The predicted octanol–water partition coefficient (Wildman–Crippen LogP) is 5.96. The molecule has 2 aromatic heterocycles. The van der Waals surface area contributed by atoms with Crippen LogP contribution in [0.4, 0.5) is 10.6 Å². The number of rotatable bonds is 10. The molecule has 3 aromatic carbocycles. The Kier molecular flexibility index (Phi) is 8.82. The third-order valence-corrected chi connectivity index (χ3v) is 9.14. The Morgan fingerprint density at radius 1 is 0.787 bits per heavy atom. The third-order valence-electron chi connectivity index (χ3n) is 9.14. The molecule has 1 aliphatic heterocycles. The number of fused-ring (bicyclic) bond motifs is 1. The first-order chi connectivity index (χ1) is 23.0. The lowest BCUT2D eigenvalue weighted by Crippen LogP contribution is -2.48. The average Bonchev–Trinajstić information content (AvgIpc) is 3.90. The first-order valence-corrected chi connectivity index (χ1v) is 16.4. The van der Waals surface area contributed by atoms with Crippen LogP contribution in [-0.4, -0.2) is 84.2 Å². The summed E-state index contributed by atoms with van der Waals surface area (Å²) in [5.74, 6) is 0.944. The molecule has 240 valence electrons. The maximum absolute atomic E-state index is 12.7. The zero-order valence-electron chi connectivity index (χ0n) is 27.1. The standard InChI is InChI=1S/C38H41N7O2/c1-43(2)21-22-44-23-25-45(26-24-44)33-18-17-32-36(40-33)41-35(29-11-7-4-8-12-29)34(39-32)30-13-15-31(16-14-30)38(19-20-38)42-37(46)47-27-28-9-5-3-6-10-28/h3-18H,19-27H2,1-2H3,(H,42,46). The Morgan fingerprint density at radius 2 is 1.45 bits per heavy atom. The van der Waals surface area contributed by atoms with Crippen molar-refractivity contribution in [3.63, 3.8) is 0 Å². The van der Waals surface area contributed by atoms with Crippen LogP contribution in [0.3, 0.4) is 0 Å². The van der Waals surface area contributed by atoms with Crippen molar-refractivity contribution in [2.75, 3.05) is 58.3 Å². The fourth-order valence-corrected chi connectivity index (χ4v) is 6.16. The highest BCUT2D eigenvalue weighted by molar-refractivity contribution is 5.85. The number of pyridine rings is 1. The van der Waals surface area contributed by atoms with E-state index in [0.717, 1.165) is 97.1 Å². The molecule has 0 unspecified atom stereocenters. The van der Waals surface area contributed by atoms with Gasteiger partial charge in [0.15, 0.2) is 5.65 Å². The summed E-state index contributed by atoms with van der Waals surface area (Å²) in [7, 11) is 4.24. The van der Waals surface area contributed by atoms with Crippen molar-refractivity contribution in [3.8, 4) is 22.5 Å². The molecular formula is C38H41N7O2. The van der Waals surface area contributed by atoms with Crippen molar-refractivity contribution < 1.29 is 9.53 Å². The topological polar surface area (TPSA) is 86.7 Å². The summed E-state index contributed by atoms with van der Waals surface area (Å²) >= 11 is 0. The maximum atomic E-state index is 12.7. The number of carbonyl (C=O) groups is 1. The monoisotopic (exact) mass is 627 g/mol. The lowest BCUT2D eigenvalue weighted by molar-refractivity contribution is 0.134. The lowest BCUT2D eigenvalue weighted by atomic mass is 9.99. The molecule has 9 nitrogen and oxygen atoms in total. The van der Waals surface area contributed by atoms with Gasteiger partial charge in [0.2, 0.25) is 0 Å². The zero-order chi connectivity index (χ0) is 32.2. The number of aromatic nitrogens is 3. The number of hydrogen-bond donors (Lipinski definition) is 1. The molecule has 1 aliphatic carbocycles. The van der Waals surface area contributed by atoms with Crippen molar-refractivity contribution >= 4 is 23.1 Å². The Morgan fingerprint density at radius 3 is 2.13 bits per heavy atom. The normalized spacial score (nSPS) is 15.9. The van der Waals surface area contributed by atoms with E-state index in [9.17, 15) is 4.79 Å². The largest absolute Gasteiger partial charge is 0.445 e. The van der Waals surface area contributed by atoms with Gasteiger partial charge < -0.3 is 19.9 Å². The van der Waals surface area contributed by atoms with Gasteiger partial charge in [-0.15, -0.1) is 0 Å². The molecule has 2 fully saturated rings. The Balaban J connectivity index is 1.11. The molecule has 0 atom stereocenters. The van der Waals surface area contributed by atoms with Crippen LogP contribution < -0.4 is 10.2 Å². The fraction of sp³-hybridized carbons (Fsp3) is 0.316. The Labute approximate surface area is 276 Å². The Bertz CT molecular complexity index is 1820. The molecule has 0 bridgehead atoms. The van der Waals surface area contributed by atoms with E-state index < -0.39 is 11.6 Å². The fourth-order valence-electron chi connectivity index (χ4n) is 6.16. The number of hydrogen-bond acceptors (Lipinski definition) is 8. The second kappa shape index (κ2) is 13.5. The van der Waals surface area contributed by atoms with Crippen LogP contribution in [-0.2, 0) is 16.9 Å². The number of amides is 1. The highest BCUT2D eigenvalue weighted by Gasteiger charge is 2.46. The van der Waals surface area contributed by atoms with Crippen LogP contribution >= 0.6 is 0 Å². The molecule has 5 aromatic rings. The summed E-state index contributed by atoms with van der Waals surface area (Å²) < 4.78 is 5.51. The number of nitrogens with one attached hydrogen (secondary N) is 1. The number of alkyl carbamates (subject to hydrolysis) is 1. The van der Waals surface area contributed by atoms with Gasteiger partial charge in [-0.1, -0.05) is 84.9 Å². The minimum Gasteiger partial charge on any atom is -0.445 e. The predicted molar refractivity (Wildman–Crippen MR) is 186 cm³/mol. The van der Waals surface area contributed by atoms with E-state index in [1.807, 2.05) is 54.6 Å². The summed E-state index contributed by atoms with van der Waals surface area (Å²) in [5.41, 5.74) is 6.58. The minimum absolute atomic E-state index is 0.245. The molecule has 2 aliphatic rings. The van der Waals surface area contributed by atoms with Crippen LogP contribution in [0.1, 0.15) is 24.0 Å². The van der Waals surface area contributed by atoms with E-state index in [2.05, 4.69) is 76.6 Å². The summed E-state index contributed by atoms with van der Waals surface area (Å²) in [4.78, 5) is 35.0. The van der Waals surface area contributed by atoms with Gasteiger partial charge in [0, 0.05) is 50.4 Å². The molecule has 47 heavy (non-hydrogen) atoms. The molecule has 1 saturated carbocycles. The first-order valence-electron chi connectivity index (χ1n) is 16.4. The molecular weight excluding hydrogens is 586 g/mol. The van der Waals surface area contributed by atoms with Gasteiger partial charge in [-0.25, -0.2) is 19.7 Å². The SMILES string of the molecule is CN(C)CCN1CCN(c2ccc3nc(-c4ccc(C5(NC(=O)OCc6ccccc6)CC5)cc4)c(-c4ccccc4)nc3n2)CC1. The molecule has 0 spiro atoms. The van der Waals surface area contributed by atoms with Crippen molar-refractivity contribution in [1.82, 2.24) is 30.1 Å².